The molecule has 0 saturated carbocycles. The number of nitrogens with zero attached hydrogens (tertiary/aromatic N) is 3. The molecule has 24 heavy (non-hydrogen) atoms. The van der Waals surface area contributed by atoms with Gasteiger partial charge >= 0.3 is 6.03 Å². The van der Waals surface area contributed by atoms with Gasteiger partial charge in [-0.3, -0.25) is 9.69 Å². The molecule has 2 fully saturated rings. The summed E-state index contributed by atoms with van der Waals surface area (Å²) in [6.07, 6.45) is 2.63. The van der Waals surface area contributed by atoms with Crippen LogP contribution in [0.3, 0.4) is 0 Å². The van der Waals surface area contributed by atoms with E-state index < -0.39 is 6.04 Å². The zero-order chi connectivity index (χ0) is 16.9. The van der Waals surface area contributed by atoms with Gasteiger partial charge in [0.2, 0.25) is 5.91 Å². The summed E-state index contributed by atoms with van der Waals surface area (Å²) in [7, 11) is 0. The third kappa shape index (κ3) is 4.25. The molecule has 132 valence electrons. The number of rotatable bonds is 3. The Kier molecular flexibility index (Phi) is 5.34. The molecule has 8 nitrogen and oxygen atoms in total. The van der Waals surface area contributed by atoms with E-state index in [9.17, 15) is 9.59 Å². The number of amides is 3. The summed E-state index contributed by atoms with van der Waals surface area (Å²) in [5, 5.41) is 9.72. The van der Waals surface area contributed by atoms with Gasteiger partial charge in [0.1, 0.15) is 11.8 Å². The molecule has 2 aliphatic heterocycles. The Morgan fingerprint density at radius 1 is 1.38 bits per heavy atom. The molecule has 2 aliphatic rings. The van der Waals surface area contributed by atoms with Crippen molar-refractivity contribution in [1.29, 1.82) is 0 Å². The van der Waals surface area contributed by atoms with Crippen molar-refractivity contribution in [1.82, 2.24) is 25.6 Å². The van der Waals surface area contributed by atoms with Gasteiger partial charge in [-0.1, -0.05) is 5.16 Å². The van der Waals surface area contributed by atoms with Crippen LogP contribution in [-0.4, -0.2) is 65.7 Å². The Balaban J connectivity index is 1.45. The number of hydrogen-bond donors (Lipinski definition) is 2. The van der Waals surface area contributed by atoms with Crippen LogP contribution in [0.1, 0.15) is 30.7 Å². The van der Waals surface area contributed by atoms with Crippen LogP contribution in [0.15, 0.2) is 10.6 Å². The van der Waals surface area contributed by atoms with Gasteiger partial charge in [0.25, 0.3) is 0 Å². The molecule has 2 saturated heterocycles. The first-order valence-electron chi connectivity index (χ1n) is 8.59. The van der Waals surface area contributed by atoms with E-state index >= 15 is 0 Å². The Morgan fingerprint density at radius 2 is 2.17 bits per heavy atom. The second-order valence-electron chi connectivity index (χ2n) is 6.48. The largest absolute Gasteiger partial charge is 0.361 e. The molecule has 2 N–H and O–H groups in total. The minimum atomic E-state index is -0.406. The average Bonchev–Trinajstić information content (AvgIpc) is 2.87. The van der Waals surface area contributed by atoms with E-state index in [0.29, 0.717) is 26.1 Å². The van der Waals surface area contributed by atoms with E-state index in [1.54, 1.807) is 4.90 Å². The molecule has 8 heteroatoms. The minimum absolute atomic E-state index is 0.0686. The fourth-order valence-electron chi connectivity index (χ4n) is 3.15. The van der Waals surface area contributed by atoms with Crippen molar-refractivity contribution in [2.45, 2.75) is 38.8 Å². The van der Waals surface area contributed by atoms with Gasteiger partial charge in [-0.25, -0.2) is 4.79 Å². The van der Waals surface area contributed by atoms with E-state index in [0.717, 1.165) is 43.9 Å². The van der Waals surface area contributed by atoms with Crippen LogP contribution >= 0.6 is 0 Å². The van der Waals surface area contributed by atoms with Crippen molar-refractivity contribution in [2.75, 3.05) is 32.7 Å². The van der Waals surface area contributed by atoms with Gasteiger partial charge in [0, 0.05) is 45.3 Å². The van der Waals surface area contributed by atoms with Crippen molar-refractivity contribution in [3.05, 3.63) is 17.5 Å². The van der Waals surface area contributed by atoms with Crippen LogP contribution in [-0.2, 0) is 11.3 Å². The van der Waals surface area contributed by atoms with Crippen LogP contribution in [0.25, 0.3) is 0 Å². The SMILES string of the molecule is Cc1cc(CN2CCN(C(=O)N[C@@H]3CCCCNC3=O)CC2)no1. The predicted octanol–water partition coefficient (Wildman–Crippen LogP) is 0.479. The summed E-state index contributed by atoms with van der Waals surface area (Å²) in [6.45, 7) is 6.19. The van der Waals surface area contributed by atoms with Crippen LogP contribution in [0, 0.1) is 6.92 Å². The van der Waals surface area contributed by atoms with E-state index in [1.807, 2.05) is 13.0 Å². The Morgan fingerprint density at radius 3 is 2.88 bits per heavy atom. The van der Waals surface area contributed by atoms with Gasteiger partial charge in [-0.2, -0.15) is 0 Å². The molecule has 1 aromatic rings. The van der Waals surface area contributed by atoms with Crippen LogP contribution in [0.2, 0.25) is 0 Å². The molecule has 3 amide bonds. The van der Waals surface area contributed by atoms with E-state index in [-0.39, 0.29) is 11.9 Å². The maximum atomic E-state index is 12.4. The zero-order valence-corrected chi connectivity index (χ0v) is 14.1. The van der Waals surface area contributed by atoms with E-state index in [2.05, 4.69) is 20.7 Å². The summed E-state index contributed by atoms with van der Waals surface area (Å²) in [6, 6.07) is 1.38. The standard InChI is InChI=1S/C16H25N5O3/c1-12-10-13(19-24-12)11-20-6-8-21(9-7-20)16(23)18-14-4-2-3-5-17-15(14)22/h10,14H,2-9,11H2,1H3,(H,17,22)(H,18,23)/t14-/m1/s1. The highest BCUT2D eigenvalue weighted by atomic mass is 16.5. The summed E-state index contributed by atoms with van der Waals surface area (Å²) >= 11 is 0. The van der Waals surface area contributed by atoms with Crippen molar-refractivity contribution >= 4 is 11.9 Å². The van der Waals surface area contributed by atoms with Gasteiger partial charge in [-0.05, 0) is 26.2 Å². The number of carbonyl (C=O) groups is 2. The molecule has 0 spiro atoms. The average molecular weight is 335 g/mol. The lowest BCUT2D eigenvalue weighted by atomic mass is 10.1. The maximum absolute atomic E-state index is 12.4. The molecule has 0 bridgehead atoms. The third-order valence-electron chi connectivity index (χ3n) is 4.55. The quantitative estimate of drug-likeness (QED) is 0.838. The lowest BCUT2D eigenvalue weighted by Gasteiger charge is -2.34. The van der Waals surface area contributed by atoms with E-state index in [1.165, 1.54) is 0 Å². The number of aryl methyl sites for hydroxylation is 1. The van der Waals surface area contributed by atoms with E-state index in [4.69, 9.17) is 4.52 Å². The van der Waals surface area contributed by atoms with Gasteiger partial charge in [0.05, 0.1) is 5.69 Å². The molecule has 0 radical (unpaired) electrons. The Labute approximate surface area is 141 Å². The molecule has 3 heterocycles. The molecule has 0 unspecified atom stereocenters. The lowest BCUT2D eigenvalue weighted by Crippen LogP contribution is -2.55. The topological polar surface area (TPSA) is 90.7 Å². The smallest absolute Gasteiger partial charge is 0.318 e. The van der Waals surface area contributed by atoms with Crippen molar-refractivity contribution in [3.63, 3.8) is 0 Å². The van der Waals surface area contributed by atoms with Crippen LogP contribution < -0.4 is 10.6 Å². The summed E-state index contributed by atoms with van der Waals surface area (Å²) < 4.78 is 5.08. The van der Waals surface area contributed by atoms with Gasteiger partial charge in [-0.15, -0.1) is 0 Å². The third-order valence-corrected chi connectivity index (χ3v) is 4.55. The number of piperazine rings is 1. The molecule has 1 aromatic heterocycles. The summed E-state index contributed by atoms with van der Waals surface area (Å²) in [5.41, 5.74) is 0.917. The van der Waals surface area contributed by atoms with Crippen molar-refractivity contribution in [3.8, 4) is 0 Å². The number of carbonyl (C=O) groups excluding carboxylic acids is 2. The highest BCUT2D eigenvalue weighted by Crippen LogP contribution is 2.10. The molecule has 3 rings (SSSR count). The summed E-state index contributed by atoms with van der Waals surface area (Å²) in [4.78, 5) is 28.3. The Hall–Kier alpha value is -2.09. The first-order valence-corrected chi connectivity index (χ1v) is 8.59. The number of nitrogens with one attached hydrogen (secondary N) is 2. The highest BCUT2D eigenvalue weighted by Gasteiger charge is 2.27. The predicted molar refractivity (Wildman–Crippen MR) is 87.3 cm³/mol. The maximum Gasteiger partial charge on any atom is 0.318 e. The molecular formula is C16H25N5O3. The number of urea groups is 1. The monoisotopic (exact) mass is 335 g/mol. The second kappa shape index (κ2) is 7.65. The second-order valence-corrected chi connectivity index (χ2v) is 6.48. The van der Waals surface area contributed by atoms with Crippen molar-refractivity contribution in [2.24, 2.45) is 0 Å². The Bertz CT molecular complexity index is 580. The van der Waals surface area contributed by atoms with Crippen LogP contribution in [0.5, 0.6) is 0 Å². The fraction of sp³-hybridized carbons (Fsp3) is 0.688. The molecule has 1 atom stereocenters. The van der Waals surface area contributed by atoms with Gasteiger partial charge in [0.15, 0.2) is 0 Å². The number of hydrogen-bond acceptors (Lipinski definition) is 5. The molecule has 0 aromatic carbocycles. The van der Waals surface area contributed by atoms with Gasteiger partial charge < -0.3 is 20.1 Å². The first-order chi connectivity index (χ1) is 11.6. The normalized spacial score (nSPS) is 22.8. The number of aromatic nitrogens is 1. The van der Waals surface area contributed by atoms with Crippen molar-refractivity contribution < 1.29 is 14.1 Å². The fourth-order valence-corrected chi connectivity index (χ4v) is 3.15. The molecule has 0 aliphatic carbocycles. The molecular weight excluding hydrogens is 310 g/mol. The minimum Gasteiger partial charge on any atom is -0.361 e. The lowest BCUT2D eigenvalue weighted by molar-refractivity contribution is -0.122. The first kappa shape index (κ1) is 16.8. The highest BCUT2D eigenvalue weighted by molar-refractivity contribution is 5.87. The van der Waals surface area contributed by atoms with Crippen LogP contribution in [0.4, 0.5) is 4.79 Å². The zero-order valence-electron chi connectivity index (χ0n) is 14.1. The summed E-state index contributed by atoms with van der Waals surface area (Å²) in [5.74, 6) is 0.741.